The minimum absolute atomic E-state index is 0.374. The zero-order valence-corrected chi connectivity index (χ0v) is 16.8. The summed E-state index contributed by atoms with van der Waals surface area (Å²) in [7, 11) is 1.77. The van der Waals surface area contributed by atoms with E-state index in [-0.39, 0.29) is 0 Å². The van der Waals surface area contributed by atoms with Crippen LogP contribution in [0.5, 0.6) is 0 Å². The molecule has 0 radical (unpaired) electrons. The van der Waals surface area contributed by atoms with E-state index < -0.39 is 0 Å². The number of ether oxygens (including phenoxy) is 1. The number of pyridine rings is 1. The van der Waals surface area contributed by atoms with Gasteiger partial charge in [-0.25, -0.2) is 4.98 Å². The summed E-state index contributed by atoms with van der Waals surface area (Å²) in [6.07, 6.45) is 4.12. The first kappa shape index (κ1) is 18.1. The molecule has 0 N–H and O–H groups in total. The Morgan fingerprint density at radius 2 is 2.00 bits per heavy atom. The number of fused-ring (bicyclic) bond motifs is 2. The van der Waals surface area contributed by atoms with Crippen LogP contribution in [0.15, 0.2) is 36.5 Å². The van der Waals surface area contributed by atoms with Crippen molar-refractivity contribution in [1.82, 2.24) is 9.55 Å². The lowest BCUT2D eigenvalue weighted by Gasteiger charge is -2.38. The van der Waals surface area contributed by atoms with E-state index in [0.717, 1.165) is 31.7 Å². The fourth-order valence-corrected chi connectivity index (χ4v) is 4.59. The van der Waals surface area contributed by atoms with Crippen LogP contribution >= 0.6 is 0 Å². The third-order valence-electron chi connectivity index (χ3n) is 6.12. The maximum atomic E-state index is 5.38. The van der Waals surface area contributed by atoms with E-state index in [1.807, 2.05) is 6.20 Å². The molecule has 3 aromatic rings. The maximum absolute atomic E-state index is 5.38. The Bertz CT molecular complexity index is 960. The van der Waals surface area contributed by atoms with Crippen molar-refractivity contribution in [3.63, 3.8) is 0 Å². The second-order valence-electron chi connectivity index (χ2n) is 7.45. The Balaban J connectivity index is 1.88. The molecule has 2 aromatic heterocycles. The number of aryl methyl sites for hydroxylation is 1. The van der Waals surface area contributed by atoms with Gasteiger partial charge in [0.05, 0.1) is 18.2 Å². The van der Waals surface area contributed by atoms with Gasteiger partial charge in [-0.05, 0) is 49.4 Å². The monoisotopic (exact) mass is 363 g/mol. The number of rotatable bonds is 5. The highest BCUT2D eigenvalue weighted by Gasteiger charge is 2.29. The smallest absolute Gasteiger partial charge is 0.153 e. The number of methoxy groups -OCH3 is 1. The molecular formula is C23H29N3O. The van der Waals surface area contributed by atoms with Crippen LogP contribution in [0.4, 0.5) is 5.82 Å². The molecule has 0 saturated carbocycles. The van der Waals surface area contributed by atoms with Crippen molar-refractivity contribution >= 4 is 16.7 Å². The van der Waals surface area contributed by atoms with Crippen LogP contribution in [-0.4, -0.2) is 29.8 Å². The minimum Gasteiger partial charge on any atom is -0.383 e. The Labute approximate surface area is 161 Å². The molecule has 1 atom stereocenters. The highest BCUT2D eigenvalue weighted by atomic mass is 16.5. The molecule has 4 rings (SSSR count). The van der Waals surface area contributed by atoms with E-state index in [4.69, 9.17) is 9.72 Å². The average Bonchev–Trinajstić information content (AvgIpc) is 2.96. The summed E-state index contributed by atoms with van der Waals surface area (Å²) in [5.74, 6) is 1.11. The lowest BCUT2D eigenvalue weighted by Crippen LogP contribution is -2.36. The highest BCUT2D eigenvalue weighted by molar-refractivity contribution is 5.93. The van der Waals surface area contributed by atoms with Crippen molar-refractivity contribution < 1.29 is 4.74 Å². The summed E-state index contributed by atoms with van der Waals surface area (Å²) in [6.45, 7) is 9.27. The summed E-state index contributed by atoms with van der Waals surface area (Å²) in [4.78, 5) is 7.41. The number of benzene rings is 1. The van der Waals surface area contributed by atoms with Crippen LogP contribution < -0.4 is 4.90 Å². The third kappa shape index (κ3) is 2.92. The summed E-state index contributed by atoms with van der Waals surface area (Å²) < 4.78 is 7.77. The van der Waals surface area contributed by atoms with Crippen molar-refractivity contribution in [3.05, 3.63) is 58.9 Å². The fourth-order valence-electron chi connectivity index (χ4n) is 4.59. The van der Waals surface area contributed by atoms with Gasteiger partial charge >= 0.3 is 0 Å². The quantitative estimate of drug-likeness (QED) is 0.651. The van der Waals surface area contributed by atoms with Crippen LogP contribution in [0.25, 0.3) is 10.9 Å². The van der Waals surface area contributed by atoms with Crippen LogP contribution in [0.2, 0.25) is 0 Å². The first-order chi connectivity index (χ1) is 13.2. The van der Waals surface area contributed by atoms with Crippen molar-refractivity contribution in [1.29, 1.82) is 0 Å². The molecule has 0 spiro atoms. The van der Waals surface area contributed by atoms with Gasteiger partial charge < -0.3 is 14.2 Å². The topological polar surface area (TPSA) is 30.3 Å². The molecule has 0 aliphatic carbocycles. The van der Waals surface area contributed by atoms with Crippen LogP contribution in [0, 0.1) is 13.8 Å². The van der Waals surface area contributed by atoms with Gasteiger partial charge in [0.25, 0.3) is 0 Å². The second kappa shape index (κ2) is 7.35. The van der Waals surface area contributed by atoms with E-state index in [1.165, 1.54) is 33.3 Å². The largest absolute Gasteiger partial charge is 0.383 e. The Hall–Kier alpha value is -2.33. The van der Waals surface area contributed by atoms with E-state index in [2.05, 4.69) is 60.6 Å². The van der Waals surface area contributed by atoms with E-state index >= 15 is 0 Å². The molecule has 0 fully saturated rings. The van der Waals surface area contributed by atoms with Gasteiger partial charge in [-0.3, -0.25) is 0 Å². The van der Waals surface area contributed by atoms with Crippen molar-refractivity contribution in [2.45, 2.75) is 46.2 Å². The molecule has 4 heteroatoms. The van der Waals surface area contributed by atoms with E-state index in [9.17, 15) is 0 Å². The molecule has 27 heavy (non-hydrogen) atoms. The van der Waals surface area contributed by atoms with Crippen LogP contribution in [0.3, 0.4) is 0 Å². The first-order valence-corrected chi connectivity index (χ1v) is 9.95. The standard InChI is InChI=1S/C23H29N3O/c1-5-21-20-9-7-6-8-18(20)11-13-26(21)23-22-19(10-12-24-23)16(2)17(3)25(22)14-15-27-4/h6-10,12,21H,5,11,13-15H2,1-4H3. The molecule has 1 unspecified atom stereocenters. The lowest BCUT2D eigenvalue weighted by molar-refractivity contribution is 0.188. The molecule has 3 heterocycles. The molecule has 1 aliphatic heterocycles. The summed E-state index contributed by atoms with van der Waals surface area (Å²) >= 11 is 0. The molecule has 0 bridgehead atoms. The van der Waals surface area contributed by atoms with Gasteiger partial charge in [-0.15, -0.1) is 0 Å². The summed E-state index contributed by atoms with van der Waals surface area (Å²) in [5.41, 5.74) is 6.84. The molecular weight excluding hydrogens is 334 g/mol. The number of hydrogen-bond acceptors (Lipinski definition) is 3. The Morgan fingerprint density at radius 3 is 2.78 bits per heavy atom. The van der Waals surface area contributed by atoms with Crippen molar-refractivity contribution in [2.24, 2.45) is 0 Å². The van der Waals surface area contributed by atoms with Gasteiger partial charge in [0.2, 0.25) is 0 Å². The second-order valence-corrected chi connectivity index (χ2v) is 7.45. The van der Waals surface area contributed by atoms with Gasteiger partial charge in [-0.1, -0.05) is 31.2 Å². The van der Waals surface area contributed by atoms with Gasteiger partial charge in [0.15, 0.2) is 5.82 Å². The summed E-state index contributed by atoms with van der Waals surface area (Å²) in [5, 5.41) is 1.31. The fraction of sp³-hybridized carbons (Fsp3) is 0.435. The van der Waals surface area contributed by atoms with Gasteiger partial charge in [0, 0.05) is 37.5 Å². The lowest BCUT2D eigenvalue weighted by atomic mass is 9.91. The van der Waals surface area contributed by atoms with Crippen LogP contribution in [-0.2, 0) is 17.7 Å². The molecule has 1 aromatic carbocycles. The Morgan fingerprint density at radius 1 is 1.19 bits per heavy atom. The molecule has 0 saturated heterocycles. The van der Waals surface area contributed by atoms with E-state index in [0.29, 0.717) is 12.6 Å². The third-order valence-corrected chi connectivity index (χ3v) is 6.12. The predicted molar refractivity (Wildman–Crippen MR) is 112 cm³/mol. The van der Waals surface area contributed by atoms with Crippen molar-refractivity contribution in [3.8, 4) is 0 Å². The van der Waals surface area contributed by atoms with E-state index in [1.54, 1.807) is 7.11 Å². The SMILES string of the molecule is CCC1c2ccccc2CCN1c1nccc2c(C)c(C)n(CCOC)c12. The first-order valence-electron chi connectivity index (χ1n) is 9.95. The maximum Gasteiger partial charge on any atom is 0.153 e. The number of nitrogens with zero attached hydrogens (tertiary/aromatic N) is 3. The van der Waals surface area contributed by atoms with Crippen LogP contribution in [0.1, 0.15) is 41.8 Å². The minimum atomic E-state index is 0.374. The average molecular weight is 364 g/mol. The number of aromatic nitrogens is 2. The number of hydrogen-bond donors (Lipinski definition) is 0. The van der Waals surface area contributed by atoms with Gasteiger partial charge in [-0.2, -0.15) is 0 Å². The normalized spacial score (nSPS) is 16.7. The van der Waals surface area contributed by atoms with Gasteiger partial charge in [0.1, 0.15) is 0 Å². The highest BCUT2D eigenvalue weighted by Crippen LogP contribution is 2.39. The molecule has 142 valence electrons. The molecule has 4 nitrogen and oxygen atoms in total. The predicted octanol–water partition coefficient (Wildman–Crippen LogP) is 4.81. The number of anilines is 1. The molecule has 0 amide bonds. The zero-order chi connectivity index (χ0) is 19.0. The van der Waals surface area contributed by atoms with Crippen molar-refractivity contribution in [2.75, 3.05) is 25.2 Å². The molecule has 1 aliphatic rings. The zero-order valence-electron chi connectivity index (χ0n) is 16.8. The Kier molecular flexibility index (Phi) is 4.92. The summed E-state index contributed by atoms with van der Waals surface area (Å²) in [6, 6.07) is 11.4.